The first-order valence-corrected chi connectivity index (χ1v) is 20.6. The summed E-state index contributed by atoms with van der Waals surface area (Å²) in [6.45, 7) is 7.49. The lowest BCUT2D eigenvalue weighted by Gasteiger charge is -2.21. The van der Waals surface area contributed by atoms with Gasteiger partial charge in [-0.1, -0.05) is 140 Å². The highest BCUT2D eigenvalue weighted by atomic mass is 16.5. The molecule has 1 fully saturated rings. The third kappa shape index (κ3) is 29.5. The fourth-order valence-electron chi connectivity index (χ4n) is 6.72. The number of unbranched alkanes of at least 4 members (excludes halogenated alkanes) is 18. The third-order valence-corrected chi connectivity index (χ3v) is 9.52. The normalized spacial score (nSPS) is 18.9. The van der Waals surface area contributed by atoms with Crippen molar-refractivity contribution in [2.45, 2.75) is 193 Å². The SMILES string of the molecule is CCCCCC=CCC=CCCCCCCCCOC1CC(CN(C)C)CC1OCCCCCCCCC=CCC=CCCCCC. The fourth-order valence-corrected chi connectivity index (χ4v) is 6.72. The molecule has 1 aliphatic rings. The van der Waals surface area contributed by atoms with Crippen LogP contribution in [0.5, 0.6) is 0 Å². The Hall–Kier alpha value is -1.16. The van der Waals surface area contributed by atoms with Gasteiger partial charge in [0.1, 0.15) is 0 Å². The molecule has 0 saturated heterocycles. The van der Waals surface area contributed by atoms with Crippen LogP contribution in [0.1, 0.15) is 181 Å². The molecule has 0 heterocycles. The zero-order valence-electron chi connectivity index (χ0n) is 32.1. The first-order valence-electron chi connectivity index (χ1n) is 20.6. The largest absolute Gasteiger partial charge is 0.376 e. The van der Waals surface area contributed by atoms with Crippen molar-refractivity contribution in [3.8, 4) is 0 Å². The molecule has 0 aromatic rings. The number of hydrogen-bond donors (Lipinski definition) is 0. The molecule has 0 amide bonds. The Balaban J connectivity index is 2.04. The molecule has 47 heavy (non-hydrogen) atoms. The van der Waals surface area contributed by atoms with Gasteiger partial charge in [-0.2, -0.15) is 0 Å². The van der Waals surface area contributed by atoms with Crippen molar-refractivity contribution in [1.82, 2.24) is 4.90 Å². The summed E-state index contributed by atoms with van der Waals surface area (Å²) < 4.78 is 12.9. The average molecular weight is 656 g/mol. The third-order valence-electron chi connectivity index (χ3n) is 9.52. The Morgan fingerprint density at radius 1 is 0.447 bits per heavy atom. The summed E-state index contributed by atoms with van der Waals surface area (Å²) in [4.78, 5) is 2.33. The zero-order chi connectivity index (χ0) is 33.9. The minimum absolute atomic E-state index is 0.294. The molecule has 274 valence electrons. The summed E-state index contributed by atoms with van der Waals surface area (Å²) >= 11 is 0. The van der Waals surface area contributed by atoms with Crippen LogP contribution in [0.25, 0.3) is 0 Å². The van der Waals surface area contributed by atoms with Gasteiger partial charge in [0.25, 0.3) is 0 Å². The van der Waals surface area contributed by atoms with Crippen molar-refractivity contribution >= 4 is 0 Å². The minimum atomic E-state index is 0.294. The van der Waals surface area contributed by atoms with Gasteiger partial charge in [0.2, 0.25) is 0 Å². The van der Waals surface area contributed by atoms with Gasteiger partial charge in [-0.15, -0.1) is 0 Å². The Labute approximate surface area is 295 Å². The summed E-state index contributed by atoms with van der Waals surface area (Å²) in [6.07, 6.45) is 52.7. The molecule has 0 spiro atoms. The van der Waals surface area contributed by atoms with E-state index in [4.69, 9.17) is 9.47 Å². The molecule has 0 N–H and O–H groups in total. The maximum atomic E-state index is 6.46. The Morgan fingerprint density at radius 3 is 1.15 bits per heavy atom. The maximum Gasteiger partial charge on any atom is 0.0839 e. The highest BCUT2D eigenvalue weighted by molar-refractivity contribution is 4.93. The van der Waals surface area contributed by atoms with Gasteiger partial charge in [0, 0.05) is 19.8 Å². The van der Waals surface area contributed by atoms with Gasteiger partial charge < -0.3 is 14.4 Å². The van der Waals surface area contributed by atoms with E-state index in [0.29, 0.717) is 18.1 Å². The summed E-state index contributed by atoms with van der Waals surface area (Å²) in [5, 5.41) is 0. The first-order chi connectivity index (χ1) is 23.2. The van der Waals surface area contributed by atoms with Crippen LogP contribution in [-0.4, -0.2) is 51.0 Å². The van der Waals surface area contributed by atoms with Gasteiger partial charge in [-0.25, -0.2) is 0 Å². The van der Waals surface area contributed by atoms with Crippen molar-refractivity contribution in [1.29, 1.82) is 0 Å². The molecule has 1 aliphatic carbocycles. The molecule has 2 unspecified atom stereocenters. The van der Waals surface area contributed by atoms with Crippen LogP contribution in [0.3, 0.4) is 0 Å². The summed E-state index contributed by atoms with van der Waals surface area (Å²) in [5.41, 5.74) is 0. The lowest BCUT2D eigenvalue weighted by molar-refractivity contribution is -0.0578. The van der Waals surface area contributed by atoms with Gasteiger partial charge in [-0.3, -0.25) is 0 Å². The van der Waals surface area contributed by atoms with E-state index in [1.807, 2.05) is 0 Å². The quantitative estimate of drug-likeness (QED) is 0.0508. The van der Waals surface area contributed by atoms with Crippen LogP contribution in [0.4, 0.5) is 0 Å². The smallest absolute Gasteiger partial charge is 0.0839 e. The summed E-state index contributed by atoms with van der Waals surface area (Å²) in [5.74, 6) is 0.701. The monoisotopic (exact) mass is 656 g/mol. The summed E-state index contributed by atoms with van der Waals surface area (Å²) in [7, 11) is 4.39. The van der Waals surface area contributed by atoms with E-state index in [-0.39, 0.29) is 0 Å². The van der Waals surface area contributed by atoms with E-state index in [0.717, 1.165) is 45.4 Å². The average Bonchev–Trinajstić information content (AvgIpc) is 3.44. The van der Waals surface area contributed by atoms with E-state index < -0.39 is 0 Å². The van der Waals surface area contributed by atoms with Crippen LogP contribution in [0.15, 0.2) is 48.6 Å². The summed E-state index contributed by atoms with van der Waals surface area (Å²) in [6, 6.07) is 0. The van der Waals surface area contributed by atoms with Crippen LogP contribution >= 0.6 is 0 Å². The molecule has 0 radical (unpaired) electrons. The van der Waals surface area contributed by atoms with Crippen LogP contribution < -0.4 is 0 Å². The fraction of sp³-hybridized carbons (Fsp3) is 0.818. The molecule has 0 bridgehead atoms. The Morgan fingerprint density at radius 2 is 0.787 bits per heavy atom. The van der Waals surface area contributed by atoms with E-state index in [2.05, 4.69) is 81.5 Å². The van der Waals surface area contributed by atoms with Crippen molar-refractivity contribution in [3.63, 3.8) is 0 Å². The molecule has 2 atom stereocenters. The topological polar surface area (TPSA) is 21.7 Å². The molecule has 3 heteroatoms. The zero-order valence-corrected chi connectivity index (χ0v) is 32.1. The highest BCUT2D eigenvalue weighted by Crippen LogP contribution is 2.31. The number of hydrogen-bond acceptors (Lipinski definition) is 3. The standard InChI is InChI=1S/C44H81NO2/c1-5-7-9-11-13-15-17-19-21-23-25-27-29-31-33-35-37-46-43-39-42(41-45(3)4)40-44(43)47-38-36-34-32-30-28-26-24-22-20-18-16-14-12-10-8-6-2/h13-16,19-22,42-44H,5-12,17-18,23-41H2,1-4H3. The minimum Gasteiger partial charge on any atom is -0.376 e. The second kappa shape index (κ2) is 34.7. The van der Waals surface area contributed by atoms with E-state index in [1.165, 1.54) is 141 Å². The van der Waals surface area contributed by atoms with Crippen molar-refractivity contribution < 1.29 is 9.47 Å². The van der Waals surface area contributed by atoms with E-state index >= 15 is 0 Å². The molecular weight excluding hydrogens is 574 g/mol. The Bertz CT molecular complexity index is 696. The van der Waals surface area contributed by atoms with Gasteiger partial charge in [0.05, 0.1) is 12.2 Å². The van der Waals surface area contributed by atoms with Crippen LogP contribution in [0, 0.1) is 5.92 Å². The van der Waals surface area contributed by atoms with Crippen molar-refractivity contribution in [2.24, 2.45) is 5.92 Å². The second-order valence-electron chi connectivity index (χ2n) is 14.6. The highest BCUT2D eigenvalue weighted by Gasteiger charge is 2.35. The van der Waals surface area contributed by atoms with E-state index in [1.54, 1.807) is 0 Å². The lowest BCUT2D eigenvalue weighted by Crippen LogP contribution is -2.27. The maximum absolute atomic E-state index is 6.46. The predicted molar refractivity (Wildman–Crippen MR) is 209 cm³/mol. The van der Waals surface area contributed by atoms with Gasteiger partial charge >= 0.3 is 0 Å². The van der Waals surface area contributed by atoms with Crippen LogP contribution in [-0.2, 0) is 9.47 Å². The number of allylic oxidation sites excluding steroid dienone is 8. The Kier molecular flexibility index (Phi) is 32.4. The van der Waals surface area contributed by atoms with Crippen LogP contribution in [0.2, 0.25) is 0 Å². The lowest BCUT2D eigenvalue weighted by atomic mass is 10.1. The molecule has 3 nitrogen and oxygen atoms in total. The molecular formula is C44H81NO2. The second-order valence-corrected chi connectivity index (χ2v) is 14.6. The van der Waals surface area contributed by atoms with Gasteiger partial charge in [0.15, 0.2) is 0 Å². The molecule has 1 rings (SSSR count). The predicted octanol–water partition coefficient (Wildman–Crippen LogP) is 13.4. The molecule has 0 aromatic heterocycles. The first kappa shape index (κ1) is 43.9. The van der Waals surface area contributed by atoms with Gasteiger partial charge in [-0.05, 0) is 110 Å². The van der Waals surface area contributed by atoms with E-state index in [9.17, 15) is 0 Å². The van der Waals surface area contributed by atoms with Crippen molar-refractivity contribution in [3.05, 3.63) is 48.6 Å². The molecule has 0 aromatic carbocycles. The number of ether oxygens (including phenoxy) is 2. The molecule has 1 saturated carbocycles. The van der Waals surface area contributed by atoms with Crippen molar-refractivity contribution in [2.75, 3.05) is 33.9 Å². The molecule has 0 aliphatic heterocycles. The number of nitrogens with zero attached hydrogens (tertiary/aromatic N) is 1. The number of rotatable bonds is 34.